The highest BCUT2D eigenvalue weighted by Gasteiger charge is 2.56. The fourth-order valence-electron chi connectivity index (χ4n) is 5.65. The van der Waals surface area contributed by atoms with Gasteiger partial charge >= 0.3 is 6.09 Å². The number of rotatable bonds is 5. The van der Waals surface area contributed by atoms with Crippen molar-refractivity contribution in [2.24, 2.45) is 5.41 Å². The molecule has 1 spiro atoms. The van der Waals surface area contributed by atoms with Crippen LogP contribution in [0.2, 0.25) is 0 Å². The first-order valence-corrected chi connectivity index (χ1v) is 12.3. The number of hydrogen-bond donors (Lipinski definition) is 1. The third-order valence-electron chi connectivity index (χ3n) is 7.73. The van der Waals surface area contributed by atoms with E-state index in [9.17, 15) is 24.8 Å². The zero-order valence-corrected chi connectivity index (χ0v) is 20.3. The van der Waals surface area contributed by atoms with Crippen LogP contribution in [0, 0.1) is 15.5 Å². The van der Waals surface area contributed by atoms with Crippen molar-refractivity contribution in [3.05, 3.63) is 87.5 Å². The number of nitrogens with zero attached hydrogens (tertiary/aromatic N) is 4. The highest BCUT2D eigenvalue weighted by atomic mass is 16.6. The van der Waals surface area contributed by atoms with Gasteiger partial charge in [0.2, 0.25) is 0 Å². The zero-order valence-electron chi connectivity index (χ0n) is 20.3. The lowest BCUT2D eigenvalue weighted by atomic mass is 9.66. The summed E-state index contributed by atoms with van der Waals surface area (Å²) in [5.41, 5.74) is -0.666. The fourth-order valence-corrected chi connectivity index (χ4v) is 5.65. The lowest BCUT2D eigenvalue weighted by Gasteiger charge is -2.52. The van der Waals surface area contributed by atoms with Crippen molar-refractivity contribution >= 4 is 11.8 Å². The Balaban J connectivity index is 1.32. The van der Waals surface area contributed by atoms with Crippen molar-refractivity contribution in [2.75, 3.05) is 13.1 Å². The van der Waals surface area contributed by atoms with Gasteiger partial charge in [0.25, 0.3) is 11.2 Å². The van der Waals surface area contributed by atoms with Crippen LogP contribution < -0.4 is 10.3 Å². The Morgan fingerprint density at radius 1 is 1.08 bits per heavy atom. The van der Waals surface area contributed by atoms with E-state index in [0.29, 0.717) is 12.2 Å². The standard InChI is InChI=1S/C27H28N4O6/c32-24-16-23(20-6-2-1-3-7-20)28-19-30(24)18-27(34)14-15-29(17-26(27)12-4-5-13-26)25(33)37-22-10-8-21(9-11-22)31(35)36/h1-3,6-11,16,19,34H,4-5,12-15,17-18H2. The molecule has 3 aromatic rings. The predicted molar refractivity (Wildman–Crippen MR) is 135 cm³/mol. The van der Waals surface area contributed by atoms with Gasteiger partial charge in [0.05, 0.1) is 29.1 Å². The molecule has 37 heavy (non-hydrogen) atoms. The number of hydrogen-bond acceptors (Lipinski definition) is 7. The summed E-state index contributed by atoms with van der Waals surface area (Å²) in [5, 5.41) is 22.8. The zero-order chi connectivity index (χ0) is 26.0. The fraction of sp³-hybridized carbons (Fsp3) is 0.370. The van der Waals surface area contributed by atoms with E-state index in [1.807, 2.05) is 30.3 Å². The smallest absolute Gasteiger partial charge is 0.410 e. The van der Waals surface area contributed by atoms with Crippen molar-refractivity contribution in [1.82, 2.24) is 14.5 Å². The monoisotopic (exact) mass is 504 g/mol. The first-order valence-electron chi connectivity index (χ1n) is 12.3. The van der Waals surface area contributed by atoms with Crippen LogP contribution in [0.5, 0.6) is 5.75 Å². The Hall–Kier alpha value is -4.05. The van der Waals surface area contributed by atoms with E-state index in [1.165, 1.54) is 41.2 Å². The Morgan fingerprint density at radius 3 is 2.43 bits per heavy atom. The maximum Gasteiger partial charge on any atom is 0.415 e. The SMILES string of the molecule is O=C(Oc1ccc([N+](=O)[O-])cc1)N1CCC(O)(Cn2cnc(-c3ccccc3)cc2=O)C2(CCCC2)C1. The highest BCUT2D eigenvalue weighted by Crippen LogP contribution is 2.51. The molecule has 2 fully saturated rings. The molecular formula is C27H28N4O6. The molecule has 1 saturated heterocycles. The Morgan fingerprint density at radius 2 is 1.78 bits per heavy atom. The molecule has 0 radical (unpaired) electrons. The molecule has 1 aliphatic heterocycles. The van der Waals surface area contributed by atoms with Crippen LogP contribution >= 0.6 is 0 Å². The number of carbonyl (C=O) groups excluding carboxylic acids is 1. The number of piperidine rings is 1. The van der Waals surface area contributed by atoms with Crippen LogP contribution in [0.15, 0.2) is 71.8 Å². The minimum atomic E-state index is -1.19. The molecule has 0 bridgehead atoms. The second kappa shape index (κ2) is 9.78. The van der Waals surface area contributed by atoms with E-state index >= 15 is 0 Å². The Bertz CT molecular complexity index is 1350. The van der Waals surface area contributed by atoms with Crippen LogP contribution in [0.25, 0.3) is 11.3 Å². The van der Waals surface area contributed by atoms with Crippen molar-refractivity contribution in [3.8, 4) is 17.0 Å². The summed E-state index contributed by atoms with van der Waals surface area (Å²) in [6.45, 7) is 0.660. The molecule has 192 valence electrons. The lowest BCUT2D eigenvalue weighted by molar-refractivity contribution is -0.384. The normalized spacial score (nSPS) is 20.6. The molecule has 1 aromatic heterocycles. The number of ether oxygens (including phenoxy) is 1. The van der Waals surface area contributed by atoms with Gasteiger partial charge in [-0.2, -0.15) is 0 Å². The van der Waals surface area contributed by atoms with E-state index in [4.69, 9.17) is 4.74 Å². The van der Waals surface area contributed by atoms with E-state index in [1.54, 1.807) is 4.90 Å². The average Bonchev–Trinajstić information content (AvgIpc) is 3.38. The molecule has 1 N–H and O–H groups in total. The number of aliphatic hydroxyl groups is 1. The van der Waals surface area contributed by atoms with Gasteiger partial charge in [0.1, 0.15) is 5.75 Å². The summed E-state index contributed by atoms with van der Waals surface area (Å²) in [7, 11) is 0. The molecule has 2 aliphatic rings. The summed E-state index contributed by atoms with van der Waals surface area (Å²) < 4.78 is 6.93. The number of nitro benzene ring substituents is 1. The van der Waals surface area contributed by atoms with Gasteiger partial charge in [-0.05, 0) is 31.4 Å². The topological polar surface area (TPSA) is 128 Å². The molecular weight excluding hydrogens is 476 g/mol. The molecule has 10 nitrogen and oxygen atoms in total. The summed E-state index contributed by atoms with van der Waals surface area (Å²) in [6, 6.07) is 16.3. The first kappa shape index (κ1) is 24.6. The minimum absolute atomic E-state index is 0.0886. The predicted octanol–water partition coefficient (Wildman–Crippen LogP) is 4.01. The third kappa shape index (κ3) is 4.84. The van der Waals surface area contributed by atoms with E-state index in [0.717, 1.165) is 31.2 Å². The van der Waals surface area contributed by atoms with Crippen molar-refractivity contribution < 1.29 is 19.6 Å². The number of aromatic nitrogens is 2. The van der Waals surface area contributed by atoms with E-state index < -0.39 is 22.0 Å². The second-order valence-electron chi connectivity index (χ2n) is 9.92. The summed E-state index contributed by atoms with van der Waals surface area (Å²) in [4.78, 5) is 42.3. The summed E-state index contributed by atoms with van der Waals surface area (Å²) in [5.74, 6) is 0.216. The van der Waals surface area contributed by atoms with Crippen molar-refractivity contribution in [1.29, 1.82) is 0 Å². The molecule has 10 heteroatoms. The van der Waals surface area contributed by atoms with Gasteiger partial charge in [-0.15, -0.1) is 0 Å². The van der Waals surface area contributed by atoms with Gasteiger partial charge in [0.15, 0.2) is 0 Å². The molecule has 2 heterocycles. The molecule has 1 unspecified atom stereocenters. The second-order valence-corrected chi connectivity index (χ2v) is 9.92. The molecule has 1 saturated carbocycles. The number of nitro groups is 1. The van der Waals surface area contributed by atoms with Gasteiger partial charge in [-0.3, -0.25) is 19.5 Å². The van der Waals surface area contributed by atoms with E-state index in [-0.39, 0.29) is 36.5 Å². The Labute approximate surface area is 213 Å². The molecule has 2 aromatic carbocycles. The van der Waals surface area contributed by atoms with Gasteiger partial charge in [-0.25, -0.2) is 9.78 Å². The quantitative estimate of drug-likeness (QED) is 0.411. The number of carbonyl (C=O) groups is 1. The van der Waals surface area contributed by atoms with Gasteiger partial charge < -0.3 is 14.7 Å². The van der Waals surface area contributed by atoms with Crippen LogP contribution in [-0.2, 0) is 6.54 Å². The highest BCUT2D eigenvalue weighted by molar-refractivity contribution is 5.71. The molecule has 1 amide bonds. The number of benzene rings is 2. The first-order chi connectivity index (χ1) is 17.8. The van der Waals surface area contributed by atoms with Crippen molar-refractivity contribution in [2.45, 2.75) is 44.2 Å². The molecule has 5 rings (SSSR count). The number of likely N-dealkylation sites (tertiary alicyclic amines) is 1. The Kier molecular flexibility index (Phi) is 6.51. The summed E-state index contributed by atoms with van der Waals surface area (Å²) in [6.07, 6.45) is 4.52. The van der Waals surface area contributed by atoms with Gasteiger partial charge in [-0.1, -0.05) is 43.2 Å². The van der Waals surface area contributed by atoms with Crippen LogP contribution in [0.3, 0.4) is 0 Å². The lowest BCUT2D eigenvalue weighted by Crippen LogP contribution is -2.62. The molecule has 1 atom stereocenters. The maximum atomic E-state index is 13.0. The average molecular weight is 505 g/mol. The van der Waals surface area contributed by atoms with Gasteiger partial charge in [0, 0.05) is 42.3 Å². The van der Waals surface area contributed by atoms with Crippen LogP contribution in [0.4, 0.5) is 10.5 Å². The van der Waals surface area contributed by atoms with Crippen molar-refractivity contribution in [3.63, 3.8) is 0 Å². The largest absolute Gasteiger partial charge is 0.415 e. The number of amides is 1. The molecule has 1 aliphatic carbocycles. The van der Waals surface area contributed by atoms with Crippen LogP contribution in [0.1, 0.15) is 32.1 Å². The number of non-ortho nitro benzene ring substituents is 1. The summed E-state index contributed by atoms with van der Waals surface area (Å²) >= 11 is 0. The third-order valence-corrected chi connectivity index (χ3v) is 7.73. The van der Waals surface area contributed by atoms with E-state index in [2.05, 4.69) is 4.98 Å². The van der Waals surface area contributed by atoms with Crippen LogP contribution in [-0.4, -0.2) is 49.3 Å². The maximum absolute atomic E-state index is 13.0. The minimum Gasteiger partial charge on any atom is -0.410 e.